The number of hydrogen-bond donors (Lipinski definition) is 2. The van der Waals surface area contributed by atoms with Crippen LogP contribution in [0.4, 0.5) is 0 Å². The zero-order valence-electron chi connectivity index (χ0n) is 8.56. The summed E-state index contributed by atoms with van der Waals surface area (Å²) in [5.41, 5.74) is 6.23. The highest BCUT2D eigenvalue weighted by Gasteiger charge is 2.30. The largest absolute Gasteiger partial charge is 0.327 e. The molecule has 2 atom stereocenters. The Kier molecular flexibility index (Phi) is 3.13. The topological polar surface area (TPSA) is 38.0 Å². The van der Waals surface area contributed by atoms with Gasteiger partial charge in [-0.2, -0.15) is 0 Å². The molecule has 0 heterocycles. The van der Waals surface area contributed by atoms with Crippen LogP contribution in [-0.2, 0) is 0 Å². The fraction of sp³-hybridized carbons (Fsp3) is 1.00. The van der Waals surface area contributed by atoms with Crippen molar-refractivity contribution in [1.82, 2.24) is 5.32 Å². The summed E-state index contributed by atoms with van der Waals surface area (Å²) in [7, 11) is 0. The molecule has 3 N–H and O–H groups in total. The molecule has 0 aliphatic heterocycles. The first-order valence-electron chi connectivity index (χ1n) is 4.98. The predicted molar refractivity (Wildman–Crippen MR) is 53.1 cm³/mol. The van der Waals surface area contributed by atoms with Gasteiger partial charge in [-0.3, -0.25) is 0 Å². The first-order chi connectivity index (χ1) is 5.49. The maximum absolute atomic E-state index is 5.68. The highest BCUT2D eigenvalue weighted by Crippen LogP contribution is 2.36. The number of nitrogens with two attached hydrogens (primary N) is 1. The predicted octanol–water partition coefficient (Wildman–Crippen LogP) is 1.50. The molecule has 0 saturated heterocycles. The van der Waals surface area contributed by atoms with Crippen molar-refractivity contribution in [1.29, 1.82) is 0 Å². The van der Waals surface area contributed by atoms with E-state index in [4.69, 9.17) is 5.73 Å². The highest BCUT2D eigenvalue weighted by atomic mass is 14.9. The van der Waals surface area contributed by atoms with E-state index in [9.17, 15) is 0 Å². The Bertz CT molecular complexity index is 141. The molecular weight excluding hydrogens is 148 g/mol. The molecule has 2 nitrogen and oxygen atoms in total. The van der Waals surface area contributed by atoms with Crippen molar-refractivity contribution in [3.05, 3.63) is 0 Å². The lowest BCUT2D eigenvalue weighted by Gasteiger charge is -2.18. The second-order valence-electron chi connectivity index (χ2n) is 4.99. The molecule has 1 aliphatic carbocycles. The van der Waals surface area contributed by atoms with Gasteiger partial charge in [0.1, 0.15) is 0 Å². The van der Waals surface area contributed by atoms with Gasteiger partial charge >= 0.3 is 0 Å². The third kappa shape index (κ3) is 3.11. The molecule has 12 heavy (non-hydrogen) atoms. The summed E-state index contributed by atoms with van der Waals surface area (Å²) in [4.78, 5) is 0. The minimum Gasteiger partial charge on any atom is -0.327 e. The van der Waals surface area contributed by atoms with Crippen LogP contribution in [0.3, 0.4) is 0 Å². The Morgan fingerprint density at radius 3 is 2.67 bits per heavy atom. The summed E-state index contributed by atoms with van der Waals surface area (Å²) < 4.78 is 0. The van der Waals surface area contributed by atoms with Crippen molar-refractivity contribution in [3.63, 3.8) is 0 Å². The first-order valence-corrected chi connectivity index (χ1v) is 4.98. The molecule has 2 heteroatoms. The molecule has 0 spiro atoms. The van der Waals surface area contributed by atoms with Crippen LogP contribution in [0.25, 0.3) is 0 Å². The van der Waals surface area contributed by atoms with Crippen LogP contribution in [0.15, 0.2) is 0 Å². The van der Waals surface area contributed by atoms with Crippen molar-refractivity contribution >= 4 is 0 Å². The molecule has 0 amide bonds. The lowest BCUT2D eigenvalue weighted by Crippen LogP contribution is -2.37. The van der Waals surface area contributed by atoms with Gasteiger partial charge in [0.05, 0.1) is 0 Å². The van der Waals surface area contributed by atoms with Crippen LogP contribution >= 0.6 is 0 Å². The van der Waals surface area contributed by atoms with Gasteiger partial charge in [-0.1, -0.05) is 13.8 Å². The summed E-state index contributed by atoms with van der Waals surface area (Å²) in [5, 5.41) is 3.51. The molecule has 1 unspecified atom stereocenters. The second-order valence-corrected chi connectivity index (χ2v) is 4.99. The Hall–Kier alpha value is -0.0800. The molecule has 1 aliphatic rings. The normalized spacial score (nSPS) is 30.5. The van der Waals surface area contributed by atoms with Crippen molar-refractivity contribution in [2.75, 3.05) is 6.54 Å². The lowest BCUT2D eigenvalue weighted by atomic mass is 9.92. The van der Waals surface area contributed by atoms with E-state index in [1.165, 1.54) is 19.3 Å². The van der Waals surface area contributed by atoms with Crippen LogP contribution in [0.5, 0.6) is 0 Å². The summed E-state index contributed by atoms with van der Waals surface area (Å²) in [6.07, 6.45) is 3.98. The van der Waals surface area contributed by atoms with E-state index in [0.717, 1.165) is 6.54 Å². The minimum atomic E-state index is 0.286. The van der Waals surface area contributed by atoms with Crippen LogP contribution in [0.1, 0.15) is 40.0 Å². The van der Waals surface area contributed by atoms with E-state index < -0.39 is 0 Å². The molecule has 1 rings (SSSR count). The van der Waals surface area contributed by atoms with Crippen molar-refractivity contribution in [3.8, 4) is 0 Å². The Morgan fingerprint density at radius 1 is 1.58 bits per heavy atom. The van der Waals surface area contributed by atoms with Crippen molar-refractivity contribution in [2.24, 2.45) is 11.1 Å². The number of hydrogen-bond acceptors (Lipinski definition) is 2. The van der Waals surface area contributed by atoms with Crippen LogP contribution in [-0.4, -0.2) is 18.6 Å². The van der Waals surface area contributed by atoms with Crippen LogP contribution in [0, 0.1) is 5.41 Å². The maximum atomic E-state index is 5.68. The Morgan fingerprint density at radius 2 is 2.25 bits per heavy atom. The standard InChI is InChI=1S/C10H22N2/c1-8(11)7-12-9-4-5-10(2,3)6-9/h8-9,12H,4-7,11H2,1-3H3/t8-,9?/m0/s1. The number of nitrogens with one attached hydrogen (secondary N) is 1. The number of rotatable bonds is 3. The zero-order valence-corrected chi connectivity index (χ0v) is 8.56. The summed E-state index contributed by atoms with van der Waals surface area (Å²) in [5.74, 6) is 0. The van der Waals surface area contributed by atoms with Crippen molar-refractivity contribution in [2.45, 2.75) is 52.1 Å². The van der Waals surface area contributed by atoms with Gasteiger partial charge in [-0.15, -0.1) is 0 Å². The van der Waals surface area contributed by atoms with Gasteiger partial charge in [-0.05, 0) is 31.6 Å². The highest BCUT2D eigenvalue weighted by molar-refractivity contribution is 4.86. The van der Waals surface area contributed by atoms with Crippen molar-refractivity contribution < 1.29 is 0 Å². The van der Waals surface area contributed by atoms with Gasteiger partial charge in [0.15, 0.2) is 0 Å². The fourth-order valence-corrected chi connectivity index (χ4v) is 1.96. The molecule has 0 bridgehead atoms. The third-order valence-electron chi connectivity index (χ3n) is 2.70. The summed E-state index contributed by atoms with van der Waals surface area (Å²) in [6.45, 7) is 7.70. The lowest BCUT2D eigenvalue weighted by molar-refractivity contribution is 0.363. The van der Waals surface area contributed by atoms with E-state index in [1.54, 1.807) is 0 Å². The van der Waals surface area contributed by atoms with E-state index >= 15 is 0 Å². The summed E-state index contributed by atoms with van der Waals surface area (Å²) in [6, 6.07) is 1.000. The molecule has 0 aromatic heterocycles. The second kappa shape index (κ2) is 3.75. The van der Waals surface area contributed by atoms with E-state index in [-0.39, 0.29) is 6.04 Å². The van der Waals surface area contributed by atoms with E-state index in [1.807, 2.05) is 6.92 Å². The van der Waals surface area contributed by atoms with Gasteiger partial charge in [-0.25, -0.2) is 0 Å². The van der Waals surface area contributed by atoms with Gasteiger partial charge in [0.2, 0.25) is 0 Å². The van der Waals surface area contributed by atoms with Gasteiger partial charge < -0.3 is 11.1 Å². The SMILES string of the molecule is C[C@H](N)CNC1CCC(C)(C)C1. The molecule has 0 aromatic carbocycles. The Labute approximate surface area is 75.9 Å². The molecular formula is C10H22N2. The zero-order chi connectivity index (χ0) is 9.19. The molecule has 0 radical (unpaired) electrons. The van der Waals surface area contributed by atoms with Crippen LogP contribution < -0.4 is 11.1 Å². The molecule has 1 saturated carbocycles. The van der Waals surface area contributed by atoms with Gasteiger partial charge in [0, 0.05) is 18.6 Å². The van der Waals surface area contributed by atoms with E-state index in [0.29, 0.717) is 11.5 Å². The minimum absolute atomic E-state index is 0.286. The van der Waals surface area contributed by atoms with Crippen LogP contribution in [0.2, 0.25) is 0 Å². The third-order valence-corrected chi connectivity index (χ3v) is 2.70. The molecule has 0 aromatic rings. The maximum Gasteiger partial charge on any atom is 0.0136 e. The fourth-order valence-electron chi connectivity index (χ4n) is 1.96. The quantitative estimate of drug-likeness (QED) is 0.673. The first kappa shape index (κ1) is 10.0. The Balaban J connectivity index is 2.20. The average molecular weight is 170 g/mol. The molecule has 1 fully saturated rings. The smallest absolute Gasteiger partial charge is 0.0136 e. The average Bonchev–Trinajstić information content (AvgIpc) is 2.26. The molecule has 72 valence electrons. The summed E-state index contributed by atoms with van der Waals surface area (Å²) >= 11 is 0. The van der Waals surface area contributed by atoms with E-state index in [2.05, 4.69) is 19.2 Å². The van der Waals surface area contributed by atoms with Gasteiger partial charge in [0.25, 0.3) is 0 Å². The monoisotopic (exact) mass is 170 g/mol.